The van der Waals surface area contributed by atoms with Crippen molar-refractivity contribution in [2.75, 3.05) is 11.9 Å². The molecule has 0 aliphatic rings. The molecule has 8 heteroatoms. The second-order valence-electron chi connectivity index (χ2n) is 5.09. The van der Waals surface area contributed by atoms with Gasteiger partial charge in [-0.15, -0.1) is 0 Å². The molecule has 2 heterocycles. The van der Waals surface area contributed by atoms with Crippen LogP contribution in [0.15, 0.2) is 42.6 Å². The van der Waals surface area contributed by atoms with Gasteiger partial charge in [0.25, 0.3) is 0 Å². The number of H-pyrrole nitrogens is 1. The number of aromatic nitrogens is 2. The standard InChI is InChI=1S/C16H12F3N3O2/c17-16(18,19)12-4-2-1-3-9(12)11-7-13(21-8-14(23)24)22-15-10(11)5-6-20-15/h1-7H,8H2,(H,23,24)(H2,20,21,22). The molecule has 5 nitrogen and oxygen atoms in total. The van der Waals surface area contributed by atoms with Crippen LogP contribution in [0, 0.1) is 0 Å². The first-order valence-electron chi connectivity index (χ1n) is 6.96. The predicted octanol–water partition coefficient (Wildman–Crippen LogP) is 3.75. The third-order valence-electron chi connectivity index (χ3n) is 3.47. The second-order valence-corrected chi connectivity index (χ2v) is 5.09. The molecule has 0 fully saturated rings. The molecule has 0 spiro atoms. The summed E-state index contributed by atoms with van der Waals surface area (Å²) in [7, 11) is 0. The van der Waals surface area contributed by atoms with Crippen LogP contribution >= 0.6 is 0 Å². The minimum atomic E-state index is -4.50. The zero-order chi connectivity index (χ0) is 17.3. The van der Waals surface area contributed by atoms with Gasteiger partial charge in [0.05, 0.1) is 5.56 Å². The topological polar surface area (TPSA) is 78.0 Å². The van der Waals surface area contributed by atoms with Crippen molar-refractivity contribution in [3.8, 4) is 11.1 Å². The van der Waals surface area contributed by atoms with Gasteiger partial charge in [0.15, 0.2) is 0 Å². The molecule has 0 aliphatic heterocycles. The quantitative estimate of drug-likeness (QED) is 0.679. The summed E-state index contributed by atoms with van der Waals surface area (Å²) in [6, 6.07) is 8.29. The van der Waals surface area contributed by atoms with Gasteiger partial charge in [0.1, 0.15) is 18.0 Å². The molecule has 3 aromatic rings. The number of anilines is 1. The van der Waals surface area contributed by atoms with Crippen molar-refractivity contribution in [1.29, 1.82) is 0 Å². The Labute approximate surface area is 134 Å². The van der Waals surface area contributed by atoms with Crippen LogP contribution in [-0.4, -0.2) is 27.6 Å². The van der Waals surface area contributed by atoms with Gasteiger partial charge in [-0.1, -0.05) is 18.2 Å². The lowest BCUT2D eigenvalue weighted by atomic mass is 9.97. The molecule has 3 rings (SSSR count). The van der Waals surface area contributed by atoms with Crippen LogP contribution in [0.25, 0.3) is 22.2 Å². The monoisotopic (exact) mass is 335 g/mol. The molecular formula is C16H12F3N3O2. The number of halogens is 3. The first-order chi connectivity index (χ1) is 11.4. The van der Waals surface area contributed by atoms with Crippen molar-refractivity contribution in [2.24, 2.45) is 0 Å². The number of fused-ring (bicyclic) bond motifs is 1. The zero-order valence-electron chi connectivity index (χ0n) is 12.2. The number of carboxylic acids is 1. The van der Waals surface area contributed by atoms with Gasteiger partial charge in [-0.2, -0.15) is 13.2 Å². The number of carbonyl (C=O) groups is 1. The number of pyridine rings is 1. The van der Waals surface area contributed by atoms with E-state index in [1.54, 1.807) is 12.3 Å². The third kappa shape index (κ3) is 3.03. The first-order valence-corrected chi connectivity index (χ1v) is 6.96. The van der Waals surface area contributed by atoms with Gasteiger partial charge in [0.2, 0.25) is 0 Å². The van der Waals surface area contributed by atoms with Crippen molar-refractivity contribution in [1.82, 2.24) is 9.97 Å². The number of nitrogens with one attached hydrogen (secondary N) is 2. The molecule has 0 bridgehead atoms. The maximum atomic E-state index is 13.3. The van der Waals surface area contributed by atoms with Gasteiger partial charge < -0.3 is 15.4 Å². The maximum Gasteiger partial charge on any atom is 0.417 e. The number of carboxylic acid groups (broad SMARTS) is 1. The predicted molar refractivity (Wildman–Crippen MR) is 82.7 cm³/mol. The van der Waals surface area contributed by atoms with Crippen LogP contribution in [0.3, 0.4) is 0 Å². The number of hydrogen-bond acceptors (Lipinski definition) is 3. The lowest BCUT2D eigenvalue weighted by Gasteiger charge is -2.14. The summed E-state index contributed by atoms with van der Waals surface area (Å²) < 4.78 is 39.9. The summed E-state index contributed by atoms with van der Waals surface area (Å²) in [6.07, 6.45) is -2.94. The molecule has 0 saturated heterocycles. The Morgan fingerprint density at radius 3 is 2.67 bits per heavy atom. The van der Waals surface area contributed by atoms with Crippen molar-refractivity contribution < 1.29 is 23.1 Å². The van der Waals surface area contributed by atoms with E-state index in [0.717, 1.165) is 6.07 Å². The molecule has 0 radical (unpaired) electrons. The molecule has 0 unspecified atom stereocenters. The zero-order valence-corrected chi connectivity index (χ0v) is 12.2. The van der Waals surface area contributed by atoms with Crippen LogP contribution in [0.4, 0.5) is 19.0 Å². The molecule has 0 saturated carbocycles. The highest BCUT2D eigenvalue weighted by Gasteiger charge is 2.33. The van der Waals surface area contributed by atoms with E-state index in [1.165, 1.54) is 24.3 Å². The van der Waals surface area contributed by atoms with E-state index in [4.69, 9.17) is 5.11 Å². The molecule has 0 amide bonds. The summed E-state index contributed by atoms with van der Waals surface area (Å²) in [6.45, 7) is -0.389. The van der Waals surface area contributed by atoms with E-state index in [1.807, 2.05) is 0 Å². The van der Waals surface area contributed by atoms with Gasteiger partial charge in [0, 0.05) is 11.6 Å². The average molecular weight is 335 g/mol. The fraction of sp³-hybridized carbons (Fsp3) is 0.125. The van der Waals surface area contributed by atoms with E-state index >= 15 is 0 Å². The van der Waals surface area contributed by atoms with Crippen molar-refractivity contribution >= 4 is 22.8 Å². The minimum absolute atomic E-state index is 0.00961. The maximum absolute atomic E-state index is 13.3. The highest BCUT2D eigenvalue weighted by atomic mass is 19.4. The van der Waals surface area contributed by atoms with E-state index in [2.05, 4.69) is 15.3 Å². The summed E-state index contributed by atoms with van der Waals surface area (Å²) in [5, 5.41) is 11.8. The Bertz CT molecular complexity index is 903. The largest absolute Gasteiger partial charge is 0.480 e. The number of hydrogen-bond donors (Lipinski definition) is 3. The van der Waals surface area contributed by atoms with E-state index < -0.39 is 17.7 Å². The molecule has 3 N–H and O–H groups in total. The lowest BCUT2D eigenvalue weighted by Crippen LogP contribution is -2.13. The Kier molecular flexibility index (Phi) is 3.88. The van der Waals surface area contributed by atoms with Crippen LogP contribution in [0.2, 0.25) is 0 Å². The Hall–Kier alpha value is -3.03. The molecular weight excluding hydrogens is 323 g/mol. The van der Waals surface area contributed by atoms with Crippen LogP contribution in [0.1, 0.15) is 5.56 Å². The highest BCUT2D eigenvalue weighted by molar-refractivity contribution is 5.95. The van der Waals surface area contributed by atoms with E-state index in [0.29, 0.717) is 16.6 Å². The Balaban J connectivity index is 2.19. The van der Waals surface area contributed by atoms with E-state index in [9.17, 15) is 18.0 Å². The average Bonchev–Trinajstić information content (AvgIpc) is 2.99. The summed E-state index contributed by atoms with van der Waals surface area (Å²) >= 11 is 0. The third-order valence-corrected chi connectivity index (χ3v) is 3.47. The molecule has 2 aromatic heterocycles. The molecule has 0 atom stereocenters. The lowest BCUT2D eigenvalue weighted by molar-refractivity contribution is -0.137. The Morgan fingerprint density at radius 1 is 1.21 bits per heavy atom. The van der Waals surface area contributed by atoms with Crippen LogP contribution < -0.4 is 5.32 Å². The number of benzene rings is 1. The van der Waals surface area contributed by atoms with Crippen LogP contribution in [0.5, 0.6) is 0 Å². The first kappa shape index (κ1) is 15.9. The number of alkyl halides is 3. The molecule has 124 valence electrons. The second kappa shape index (κ2) is 5.88. The molecule has 0 aliphatic carbocycles. The van der Waals surface area contributed by atoms with Gasteiger partial charge >= 0.3 is 12.1 Å². The van der Waals surface area contributed by atoms with Gasteiger partial charge in [-0.3, -0.25) is 4.79 Å². The summed E-state index contributed by atoms with van der Waals surface area (Å²) in [5.41, 5.74) is -0.0577. The normalized spacial score (nSPS) is 11.6. The van der Waals surface area contributed by atoms with Crippen LogP contribution in [-0.2, 0) is 11.0 Å². The number of aromatic amines is 1. The number of aliphatic carboxylic acids is 1. The van der Waals surface area contributed by atoms with Crippen molar-refractivity contribution in [3.05, 3.63) is 48.2 Å². The fourth-order valence-electron chi connectivity index (χ4n) is 2.48. The summed E-state index contributed by atoms with van der Waals surface area (Å²) in [5.74, 6) is -0.917. The van der Waals surface area contributed by atoms with Gasteiger partial charge in [-0.25, -0.2) is 4.98 Å². The van der Waals surface area contributed by atoms with E-state index in [-0.39, 0.29) is 17.9 Å². The smallest absolute Gasteiger partial charge is 0.417 e. The highest BCUT2D eigenvalue weighted by Crippen LogP contribution is 2.39. The van der Waals surface area contributed by atoms with Gasteiger partial charge in [-0.05, 0) is 29.3 Å². The van der Waals surface area contributed by atoms with Crippen molar-refractivity contribution in [2.45, 2.75) is 6.18 Å². The minimum Gasteiger partial charge on any atom is -0.480 e. The molecule has 1 aromatic carbocycles. The SMILES string of the molecule is O=C(O)CNc1cc(-c2ccccc2C(F)(F)F)c2cc[nH]c2n1. The molecule has 24 heavy (non-hydrogen) atoms. The Morgan fingerprint density at radius 2 is 1.96 bits per heavy atom. The summed E-state index contributed by atoms with van der Waals surface area (Å²) in [4.78, 5) is 17.7. The number of rotatable bonds is 4. The van der Waals surface area contributed by atoms with Crippen molar-refractivity contribution in [3.63, 3.8) is 0 Å². The number of nitrogens with zero attached hydrogens (tertiary/aromatic N) is 1. The fourth-order valence-corrected chi connectivity index (χ4v) is 2.48.